The molecule has 8 aliphatic heterocycles. The zero-order valence-electron chi connectivity index (χ0n) is 54.1. The first-order chi connectivity index (χ1) is 48.9. The zero-order valence-corrected chi connectivity index (χ0v) is 54.1. The summed E-state index contributed by atoms with van der Waals surface area (Å²) in [6, 6.07) is 62.0. The summed E-state index contributed by atoms with van der Waals surface area (Å²) in [5, 5.41) is 0. The highest BCUT2D eigenvalue weighted by Crippen LogP contribution is 2.53. The third kappa shape index (κ3) is 9.64. The van der Waals surface area contributed by atoms with Gasteiger partial charge in [0.15, 0.2) is 0 Å². The van der Waals surface area contributed by atoms with E-state index in [1.807, 2.05) is 198 Å². The summed E-state index contributed by atoms with van der Waals surface area (Å²) in [6.07, 6.45) is -3.19. The lowest BCUT2D eigenvalue weighted by molar-refractivity contribution is -0.0111. The molecule has 21 rings (SSSR count). The van der Waals surface area contributed by atoms with Gasteiger partial charge in [0.25, 0.3) is 25.2 Å². The molecule has 16 nitrogen and oxygen atoms in total. The van der Waals surface area contributed by atoms with Crippen molar-refractivity contribution in [3.05, 3.63) is 283 Å². The number of fused-ring (bicyclic) bond motifs is 16. The lowest BCUT2D eigenvalue weighted by Gasteiger charge is -2.33. The molecule has 40 bridgehead atoms. The highest BCUT2D eigenvalue weighted by molar-refractivity contribution is 5.64. The summed E-state index contributed by atoms with van der Waals surface area (Å²) in [5.41, 5.74) is 12.0. The molecule has 0 saturated heterocycles. The Hall–Kier alpha value is -12.6. The lowest BCUT2D eigenvalue weighted by Crippen LogP contribution is -2.23. The van der Waals surface area contributed by atoms with Crippen LogP contribution in [0.1, 0.15) is 114 Å². The van der Waals surface area contributed by atoms with Crippen molar-refractivity contribution < 1.29 is 75.8 Å². The molecule has 0 fully saturated rings. The fourth-order valence-electron chi connectivity index (χ4n) is 14.7. The van der Waals surface area contributed by atoms with Crippen molar-refractivity contribution >= 4 is 0 Å². The van der Waals surface area contributed by atoms with E-state index in [1.54, 1.807) is 0 Å². The number of ether oxygens (including phenoxy) is 16. The average molecular weight is 1320 g/mol. The fraction of sp³-hybridized carbons (Fsp3) is 0.143. The van der Waals surface area contributed by atoms with Gasteiger partial charge in [0.2, 0.25) is 0 Å². The second-order valence-corrected chi connectivity index (χ2v) is 26.5. The maximum atomic E-state index is 7.44. The van der Waals surface area contributed by atoms with Crippen LogP contribution in [0.3, 0.4) is 0 Å². The summed E-state index contributed by atoms with van der Waals surface area (Å²) in [7, 11) is 0. The van der Waals surface area contributed by atoms with E-state index in [-0.39, 0.29) is 0 Å². The smallest absolute Gasteiger partial charge is 0.267 e. The fourth-order valence-corrected chi connectivity index (χ4v) is 14.7. The minimum absolute atomic E-state index is 0.373. The van der Waals surface area contributed by atoms with Gasteiger partial charge in [-0.05, 0) is 194 Å². The minimum Gasteiger partial charge on any atom is -0.457 e. The predicted octanol–water partition coefficient (Wildman–Crippen LogP) is 21.1. The van der Waals surface area contributed by atoms with E-state index in [9.17, 15) is 0 Å². The van der Waals surface area contributed by atoms with Gasteiger partial charge in [0, 0.05) is 119 Å². The van der Waals surface area contributed by atoms with Crippen molar-refractivity contribution in [1.82, 2.24) is 0 Å². The monoisotopic (exact) mass is 1320 g/mol. The summed E-state index contributed by atoms with van der Waals surface area (Å²) in [4.78, 5) is 0. The Morgan fingerprint density at radius 1 is 0.190 bits per heavy atom. The summed E-state index contributed by atoms with van der Waals surface area (Å²) in [5.74, 6) is 11.4. The summed E-state index contributed by atoms with van der Waals surface area (Å²) >= 11 is 0. The van der Waals surface area contributed by atoms with E-state index in [4.69, 9.17) is 75.8 Å². The van der Waals surface area contributed by atoms with Crippen LogP contribution in [0.5, 0.6) is 138 Å². The maximum Gasteiger partial charge on any atom is 0.267 e. The molecule has 0 aromatic heterocycles. The highest BCUT2D eigenvalue weighted by Gasteiger charge is 2.37. The molecule has 488 valence electrons. The van der Waals surface area contributed by atoms with Gasteiger partial charge in [-0.25, -0.2) is 0 Å². The first kappa shape index (κ1) is 56.6. The zero-order chi connectivity index (χ0) is 66.2. The molecule has 0 atom stereocenters. The molecular formula is C84H56O16. The molecule has 12 aromatic carbocycles. The largest absolute Gasteiger partial charge is 0.457 e. The maximum absolute atomic E-state index is 7.44. The Balaban J connectivity index is 0.918. The second kappa shape index (κ2) is 21.5. The van der Waals surface area contributed by atoms with Gasteiger partial charge in [0.05, 0.1) is 0 Å². The van der Waals surface area contributed by atoms with E-state index in [0.717, 1.165) is 44.5 Å². The molecule has 0 N–H and O–H groups in total. The van der Waals surface area contributed by atoms with Crippen molar-refractivity contribution in [2.24, 2.45) is 0 Å². The van der Waals surface area contributed by atoms with Crippen LogP contribution in [0.2, 0.25) is 0 Å². The van der Waals surface area contributed by atoms with Crippen molar-refractivity contribution in [2.75, 3.05) is 0 Å². The first-order valence-electron chi connectivity index (χ1n) is 33.3. The van der Waals surface area contributed by atoms with E-state index < -0.39 is 25.2 Å². The van der Waals surface area contributed by atoms with Crippen molar-refractivity contribution in [3.63, 3.8) is 0 Å². The van der Waals surface area contributed by atoms with Gasteiger partial charge in [0.1, 0.15) is 138 Å². The average Bonchev–Trinajstić information content (AvgIpc) is 0.752. The van der Waals surface area contributed by atoms with Gasteiger partial charge in [-0.3, -0.25) is 0 Å². The molecule has 12 aromatic rings. The predicted molar refractivity (Wildman–Crippen MR) is 364 cm³/mol. The molecule has 0 amide bonds. The van der Waals surface area contributed by atoms with Crippen molar-refractivity contribution in [2.45, 2.75) is 78.5 Å². The van der Waals surface area contributed by atoms with Crippen molar-refractivity contribution in [1.29, 1.82) is 0 Å². The van der Waals surface area contributed by atoms with Crippen LogP contribution in [-0.2, 0) is 25.7 Å². The molecule has 0 radical (unpaired) electrons. The van der Waals surface area contributed by atoms with Crippen LogP contribution < -0.4 is 75.8 Å². The third-order valence-electron chi connectivity index (χ3n) is 19.8. The molecule has 0 saturated carbocycles. The van der Waals surface area contributed by atoms with Gasteiger partial charge in [-0.2, -0.15) is 0 Å². The molecule has 0 unspecified atom stereocenters. The summed E-state index contributed by atoms with van der Waals surface area (Å²) in [6.45, 7) is 7.80. The Labute approximate surface area is 572 Å². The van der Waals surface area contributed by atoms with Gasteiger partial charge < -0.3 is 75.8 Å². The van der Waals surface area contributed by atoms with Gasteiger partial charge in [-0.1, -0.05) is 24.3 Å². The Morgan fingerprint density at radius 2 is 0.350 bits per heavy atom. The van der Waals surface area contributed by atoms with Crippen molar-refractivity contribution in [3.8, 4) is 138 Å². The number of benzene rings is 12. The highest BCUT2D eigenvalue weighted by atomic mass is 16.7. The van der Waals surface area contributed by atoms with E-state index in [0.29, 0.717) is 208 Å². The van der Waals surface area contributed by atoms with Crippen LogP contribution in [-0.4, -0.2) is 0 Å². The van der Waals surface area contributed by atoms with Gasteiger partial charge >= 0.3 is 0 Å². The van der Waals surface area contributed by atoms with Crippen LogP contribution >= 0.6 is 0 Å². The van der Waals surface area contributed by atoms with Crippen LogP contribution in [0, 0.1) is 27.7 Å². The molecule has 1 aliphatic carbocycles. The van der Waals surface area contributed by atoms with Crippen LogP contribution in [0.25, 0.3) is 0 Å². The second-order valence-electron chi connectivity index (χ2n) is 26.5. The quantitative estimate of drug-likeness (QED) is 0.142. The first-order valence-corrected chi connectivity index (χ1v) is 33.3. The minimum atomic E-state index is -1.17. The molecule has 100 heavy (non-hydrogen) atoms. The SMILES string of the molecule is Cc1c2cccc1Oc1cc3cc(c1)C1Oc4cc5c6cc4Cc4cc7c(cc4O1)OC1Oc4cc8c(cc4C7)Cc4cc(c7cc4OC(O8)c4cc(cc(c4)Oc4cccc(c4C)Oc4cc(cc1c4)Oc1cccc(c1C)O3)Oc1cccc(c1C)Oc1cc(cc(c1)C(O5)O7)O2)C6. The molecule has 8 heterocycles. The molecular weight excluding hydrogens is 1260 g/mol. The van der Waals surface area contributed by atoms with Gasteiger partial charge in [-0.15, -0.1) is 0 Å². The number of rotatable bonds is 0. The molecule has 0 spiro atoms. The van der Waals surface area contributed by atoms with E-state index in [2.05, 4.69) is 24.3 Å². The standard InChI is InChI=1S/C84H56O16/c1-41-65-9-5-10-66(41)86-58-26-54-28-60(34-58)88-68-12-7-14-70(43(68)3)90-62-30-56-32-64(36-62)92-72-16-8-15-71(44(72)4)91-63-31-55-29-61(35-63)89-69-13-6-11-67(42(69)2)87-59-27-53(25-57(33-59)85-65)81-93-73-37-74-46-17-45(73)21-47-18-49-23-51-20-52-24-50-19-48(22-46)76(96-82(54)94-74)39-78(50)98-84(56)100-80(52)40-79(51)99-83(55)97-77(49)38-75(47)95-81/h5-20,25-40,81-84H,21-24H2,1-4H3. The molecule has 9 aliphatic rings. The van der Waals surface area contributed by atoms with Crippen LogP contribution in [0.15, 0.2) is 194 Å². The normalized spacial score (nSPS) is 17.7. The Morgan fingerprint density at radius 3 is 0.510 bits per heavy atom. The number of hydrogen-bond acceptors (Lipinski definition) is 16. The Kier molecular flexibility index (Phi) is 12.2. The number of hydrogen-bond donors (Lipinski definition) is 0. The van der Waals surface area contributed by atoms with E-state index in [1.165, 1.54) is 0 Å². The van der Waals surface area contributed by atoms with Crippen LogP contribution in [0.4, 0.5) is 0 Å². The topological polar surface area (TPSA) is 148 Å². The third-order valence-corrected chi connectivity index (χ3v) is 19.8. The summed E-state index contributed by atoms with van der Waals surface area (Å²) < 4.78 is 116. The molecule has 16 heteroatoms. The van der Waals surface area contributed by atoms with E-state index >= 15 is 0 Å². The lowest BCUT2D eigenvalue weighted by atomic mass is 9.90. The Bertz CT molecular complexity index is 4620.